The zero-order valence-electron chi connectivity index (χ0n) is 27.0. The van der Waals surface area contributed by atoms with Gasteiger partial charge in [-0.3, -0.25) is 0 Å². The summed E-state index contributed by atoms with van der Waals surface area (Å²) in [5.74, 6) is 0. The number of rotatable bonds is 3. The largest absolute Gasteiger partial charge is 0.456 e. The molecule has 0 unspecified atom stereocenters. The van der Waals surface area contributed by atoms with Gasteiger partial charge in [-0.05, 0) is 96.7 Å². The van der Waals surface area contributed by atoms with Crippen LogP contribution in [-0.4, -0.2) is 0 Å². The number of hydrogen-bond acceptors (Lipinski definition) is 2. The van der Waals surface area contributed by atoms with Crippen LogP contribution in [0, 0.1) is 0 Å². The molecule has 0 N–H and O–H groups in total. The molecule has 11 rings (SSSR count). The minimum absolute atomic E-state index is 0.905. The zero-order chi connectivity index (χ0) is 32.8. The van der Waals surface area contributed by atoms with E-state index in [1.165, 1.54) is 60.3 Å². The van der Waals surface area contributed by atoms with Crippen molar-refractivity contribution in [1.29, 1.82) is 0 Å². The molecule has 0 aliphatic heterocycles. The zero-order valence-corrected chi connectivity index (χ0v) is 27.0. The Morgan fingerprint density at radius 1 is 0.300 bits per heavy atom. The van der Waals surface area contributed by atoms with Crippen molar-refractivity contribution in [2.24, 2.45) is 0 Å². The average molecular weight is 637 g/mol. The topological polar surface area (TPSA) is 26.3 Å². The highest BCUT2D eigenvalue weighted by Crippen LogP contribution is 2.46. The van der Waals surface area contributed by atoms with E-state index in [1.807, 2.05) is 12.1 Å². The van der Waals surface area contributed by atoms with Crippen LogP contribution in [0.4, 0.5) is 0 Å². The summed E-state index contributed by atoms with van der Waals surface area (Å²) in [6.45, 7) is 0. The Balaban J connectivity index is 1.15. The van der Waals surface area contributed by atoms with Gasteiger partial charge in [0.1, 0.15) is 22.3 Å². The molecule has 0 aliphatic rings. The number of benzene rings is 9. The molecule has 2 heteroatoms. The summed E-state index contributed by atoms with van der Waals surface area (Å²) in [5, 5.41) is 11.8. The van der Waals surface area contributed by atoms with Gasteiger partial charge in [0.05, 0.1) is 0 Å². The highest BCUT2D eigenvalue weighted by Gasteiger charge is 2.19. The van der Waals surface area contributed by atoms with Crippen LogP contribution >= 0.6 is 0 Å². The first-order chi connectivity index (χ1) is 24.8. The highest BCUT2D eigenvalue weighted by molar-refractivity contribution is 6.23. The van der Waals surface area contributed by atoms with Gasteiger partial charge in [-0.15, -0.1) is 0 Å². The van der Waals surface area contributed by atoms with Gasteiger partial charge in [-0.25, -0.2) is 0 Å². The minimum Gasteiger partial charge on any atom is -0.456 e. The van der Waals surface area contributed by atoms with Crippen LogP contribution in [0.2, 0.25) is 0 Å². The lowest BCUT2D eigenvalue weighted by molar-refractivity contribution is 0.669. The van der Waals surface area contributed by atoms with Crippen LogP contribution in [0.25, 0.3) is 110 Å². The average Bonchev–Trinajstić information content (AvgIpc) is 3.75. The molecule has 232 valence electrons. The summed E-state index contributed by atoms with van der Waals surface area (Å²) in [7, 11) is 0. The van der Waals surface area contributed by atoms with Gasteiger partial charge < -0.3 is 8.83 Å². The Morgan fingerprint density at radius 3 is 1.64 bits per heavy atom. The number of furan rings is 2. The molecule has 2 nitrogen and oxygen atoms in total. The van der Waals surface area contributed by atoms with E-state index >= 15 is 0 Å². The van der Waals surface area contributed by atoms with E-state index < -0.39 is 0 Å². The molecular weight excluding hydrogens is 609 g/mol. The predicted octanol–water partition coefficient (Wildman–Crippen LogP) is 13.9. The number of hydrogen-bond donors (Lipinski definition) is 0. The van der Waals surface area contributed by atoms with E-state index in [9.17, 15) is 0 Å². The van der Waals surface area contributed by atoms with Crippen LogP contribution in [0.15, 0.2) is 179 Å². The quantitative estimate of drug-likeness (QED) is 0.180. The third-order valence-corrected chi connectivity index (χ3v) is 10.4. The Morgan fingerprint density at radius 2 is 0.880 bits per heavy atom. The SMILES string of the molecule is c1cc(-c2c3ccccc3c(-c3ccc4oc5ccccc5c4c3)c3ccccc23)cc(-c2cccc3oc4c5ccccc5ccc4c23)c1. The molecule has 0 aliphatic carbocycles. The van der Waals surface area contributed by atoms with Crippen LogP contribution in [0.1, 0.15) is 0 Å². The van der Waals surface area contributed by atoms with E-state index in [0.717, 1.165) is 49.3 Å². The van der Waals surface area contributed by atoms with Crippen molar-refractivity contribution in [3.8, 4) is 33.4 Å². The Hall–Kier alpha value is -6.64. The minimum atomic E-state index is 0.905. The van der Waals surface area contributed by atoms with E-state index in [2.05, 4.69) is 158 Å². The number of fused-ring (bicyclic) bond motifs is 10. The van der Waals surface area contributed by atoms with Crippen molar-refractivity contribution in [3.63, 3.8) is 0 Å². The number of para-hydroxylation sites is 1. The molecular formula is C48H28O2. The summed E-state index contributed by atoms with van der Waals surface area (Å²) < 4.78 is 12.8. The first kappa shape index (κ1) is 27.3. The maximum absolute atomic E-state index is 6.55. The van der Waals surface area contributed by atoms with Crippen LogP contribution < -0.4 is 0 Å². The van der Waals surface area contributed by atoms with Crippen LogP contribution in [-0.2, 0) is 0 Å². The van der Waals surface area contributed by atoms with Gasteiger partial charge in [-0.2, -0.15) is 0 Å². The molecule has 0 bridgehead atoms. The third-order valence-electron chi connectivity index (χ3n) is 10.4. The smallest absolute Gasteiger partial charge is 0.143 e. The molecule has 11 aromatic rings. The summed E-state index contributed by atoms with van der Waals surface area (Å²) in [6.07, 6.45) is 0. The van der Waals surface area contributed by atoms with Crippen LogP contribution in [0.5, 0.6) is 0 Å². The molecule has 0 saturated heterocycles. The van der Waals surface area contributed by atoms with Gasteiger partial charge in [0.25, 0.3) is 0 Å². The molecule has 0 saturated carbocycles. The Bertz CT molecular complexity index is 3100. The van der Waals surface area contributed by atoms with Crippen LogP contribution in [0.3, 0.4) is 0 Å². The lowest BCUT2D eigenvalue weighted by Crippen LogP contribution is -1.91. The fourth-order valence-corrected chi connectivity index (χ4v) is 8.27. The van der Waals surface area contributed by atoms with Crippen molar-refractivity contribution < 1.29 is 8.83 Å². The highest BCUT2D eigenvalue weighted by atomic mass is 16.3. The summed E-state index contributed by atoms with van der Waals surface area (Å²) >= 11 is 0. The van der Waals surface area contributed by atoms with E-state index in [1.54, 1.807) is 0 Å². The van der Waals surface area contributed by atoms with Gasteiger partial charge in [0, 0.05) is 26.9 Å². The molecule has 0 spiro atoms. The molecule has 2 aromatic heterocycles. The fraction of sp³-hybridized carbons (Fsp3) is 0. The normalized spacial score (nSPS) is 12.0. The van der Waals surface area contributed by atoms with E-state index in [4.69, 9.17) is 8.83 Å². The predicted molar refractivity (Wildman–Crippen MR) is 210 cm³/mol. The van der Waals surface area contributed by atoms with Gasteiger partial charge in [0.15, 0.2) is 0 Å². The van der Waals surface area contributed by atoms with Gasteiger partial charge in [-0.1, -0.05) is 133 Å². The fourth-order valence-electron chi connectivity index (χ4n) is 8.27. The Labute approximate surface area is 287 Å². The summed E-state index contributed by atoms with van der Waals surface area (Å²) in [6, 6.07) is 60.9. The second-order valence-electron chi connectivity index (χ2n) is 13.2. The molecule has 0 atom stereocenters. The maximum atomic E-state index is 6.55. The second kappa shape index (κ2) is 10.4. The lowest BCUT2D eigenvalue weighted by Gasteiger charge is -2.18. The van der Waals surface area contributed by atoms with Crippen molar-refractivity contribution in [3.05, 3.63) is 170 Å². The molecule has 50 heavy (non-hydrogen) atoms. The first-order valence-electron chi connectivity index (χ1n) is 17.1. The van der Waals surface area contributed by atoms with Crippen molar-refractivity contribution in [2.45, 2.75) is 0 Å². The molecule has 0 amide bonds. The molecule has 9 aromatic carbocycles. The maximum Gasteiger partial charge on any atom is 0.143 e. The van der Waals surface area contributed by atoms with Crippen molar-refractivity contribution >= 4 is 76.2 Å². The summed E-state index contributed by atoms with van der Waals surface area (Å²) in [4.78, 5) is 0. The Kier molecular flexibility index (Phi) is 5.70. The van der Waals surface area contributed by atoms with E-state index in [0.29, 0.717) is 0 Å². The second-order valence-corrected chi connectivity index (χ2v) is 13.2. The lowest BCUT2D eigenvalue weighted by atomic mass is 9.85. The molecule has 0 fully saturated rings. The van der Waals surface area contributed by atoms with Crippen molar-refractivity contribution in [2.75, 3.05) is 0 Å². The molecule has 0 radical (unpaired) electrons. The summed E-state index contributed by atoms with van der Waals surface area (Å²) in [5.41, 5.74) is 10.9. The molecule has 2 heterocycles. The standard InChI is InChI=1S/C48H28O2/c1-2-14-34-29(11-1)23-25-40-47-33(20-10-22-44(47)50-48(34)40)30-12-9-13-31(27-30)45-36-16-3-5-18-38(36)46(39-19-6-4-17-37(39)45)32-24-26-43-41(28-32)35-15-7-8-21-42(35)49-43/h1-28H. The van der Waals surface area contributed by atoms with Gasteiger partial charge >= 0.3 is 0 Å². The monoisotopic (exact) mass is 636 g/mol. The third kappa shape index (κ3) is 3.90. The van der Waals surface area contributed by atoms with Gasteiger partial charge in [0.2, 0.25) is 0 Å². The van der Waals surface area contributed by atoms with E-state index in [-0.39, 0.29) is 0 Å². The first-order valence-corrected chi connectivity index (χ1v) is 17.1. The van der Waals surface area contributed by atoms with Crippen molar-refractivity contribution in [1.82, 2.24) is 0 Å².